The summed E-state index contributed by atoms with van der Waals surface area (Å²) in [6.07, 6.45) is 23.9. The first-order chi connectivity index (χ1) is 25.1. The van der Waals surface area contributed by atoms with Crippen molar-refractivity contribution in [2.75, 3.05) is 0 Å². The molecule has 0 unspecified atom stereocenters. The van der Waals surface area contributed by atoms with Gasteiger partial charge in [0.15, 0.2) is 0 Å². The van der Waals surface area contributed by atoms with Crippen LogP contribution in [-0.2, 0) is 24.7 Å². The molecule has 51 heavy (non-hydrogen) atoms. The zero-order valence-electron chi connectivity index (χ0n) is 31.9. The number of hydrogen-bond donors (Lipinski definition) is 0. The van der Waals surface area contributed by atoms with Crippen molar-refractivity contribution in [1.82, 2.24) is 4.98 Å². The minimum absolute atomic E-state index is 0.0848. The Morgan fingerprint density at radius 3 is 1.73 bits per heavy atom. The van der Waals surface area contributed by atoms with Crippen LogP contribution >= 0.6 is 0 Å². The molecule has 0 radical (unpaired) electrons. The van der Waals surface area contributed by atoms with Gasteiger partial charge in [-0.25, -0.2) is 0 Å². The molecule has 4 aromatic carbocycles. The lowest BCUT2D eigenvalue weighted by Gasteiger charge is -2.33. The molecule has 1 aliphatic carbocycles. The molecular weight excluding hydrogens is 615 g/mol. The van der Waals surface area contributed by atoms with Crippen LogP contribution in [0.2, 0.25) is 0 Å². The van der Waals surface area contributed by atoms with E-state index in [2.05, 4.69) is 130 Å². The van der Waals surface area contributed by atoms with Gasteiger partial charge in [0, 0.05) is 22.7 Å². The van der Waals surface area contributed by atoms with Gasteiger partial charge in [-0.05, 0) is 88.7 Å². The van der Waals surface area contributed by atoms with E-state index in [4.69, 9.17) is 4.98 Å². The summed E-state index contributed by atoms with van der Waals surface area (Å²) in [6, 6.07) is 39.0. The van der Waals surface area contributed by atoms with E-state index in [0.29, 0.717) is 0 Å². The lowest BCUT2D eigenvalue weighted by Crippen LogP contribution is -2.26. The molecule has 0 N–H and O–H groups in total. The summed E-state index contributed by atoms with van der Waals surface area (Å²) in [6.45, 7) is 6.94. The number of nitrogens with zero attached hydrogens (tertiary/aromatic N) is 1. The number of aromatic nitrogens is 1. The van der Waals surface area contributed by atoms with Crippen LogP contribution in [0.25, 0.3) is 33.5 Å². The molecule has 6 rings (SSSR count). The van der Waals surface area contributed by atoms with Crippen LogP contribution in [-0.4, -0.2) is 4.98 Å². The number of aryl methyl sites for hydroxylation is 3. The number of unbranched alkanes of at least 4 members (excludes halogenated alkanes) is 10. The highest BCUT2D eigenvalue weighted by atomic mass is 14.7. The van der Waals surface area contributed by atoms with Crippen LogP contribution in [0.15, 0.2) is 109 Å². The maximum atomic E-state index is 5.11. The molecule has 266 valence electrons. The van der Waals surface area contributed by atoms with E-state index in [0.717, 1.165) is 25.0 Å². The molecule has 1 heteroatoms. The predicted molar refractivity (Wildman–Crippen MR) is 221 cm³/mol. The standard InChI is InChI=1S/C50H61N/c1-4-7-9-11-13-18-33-50(34-19-14-12-10-8-5-2)47-36-39(6-3)27-30-45(47)46-31-28-43(37-48(46)50)49-32-29-44(38-51-49)42-24-20-23-41(35-42)26-25-40-21-16-15-17-22-40/h15-17,20-24,27-32,35-38H,4-14,18-19,25-26,33-34H2,1-3H3. The van der Waals surface area contributed by atoms with Crippen LogP contribution in [0, 0.1) is 0 Å². The Hall–Kier alpha value is -3.97. The zero-order chi connectivity index (χ0) is 35.3. The fourth-order valence-corrected chi connectivity index (χ4v) is 8.57. The minimum atomic E-state index is 0.0848. The quantitative estimate of drug-likeness (QED) is 0.0748. The van der Waals surface area contributed by atoms with Crippen LogP contribution < -0.4 is 0 Å². The van der Waals surface area contributed by atoms with Crippen molar-refractivity contribution in [3.63, 3.8) is 0 Å². The summed E-state index contributed by atoms with van der Waals surface area (Å²) >= 11 is 0. The van der Waals surface area contributed by atoms with Crippen molar-refractivity contribution in [2.24, 2.45) is 0 Å². The average Bonchev–Trinajstić information content (AvgIpc) is 3.45. The fraction of sp³-hybridized carbons (Fsp3) is 0.420. The second-order valence-corrected chi connectivity index (χ2v) is 15.2. The van der Waals surface area contributed by atoms with Gasteiger partial charge >= 0.3 is 0 Å². The number of benzene rings is 4. The Morgan fingerprint density at radius 1 is 0.451 bits per heavy atom. The van der Waals surface area contributed by atoms with Gasteiger partial charge < -0.3 is 0 Å². The first kappa shape index (κ1) is 36.8. The molecule has 0 saturated heterocycles. The van der Waals surface area contributed by atoms with Crippen molar-refractivity contribution in [2.45, 2.75) is 135 Å². The van der Waals surface area contributed by atoms with Crippen LogP contribution in [0.4, 0.5) is 0 Å². The van der Waals surface area contributed by atoms with E-state index in [1.165, 1.54) is 134 Å². The second-order valence-electron chi connectivity index (χ2n) is 15.2. The smallest absolute Gasteiger partial charge is 0.0702 e. The van der Waals surface area contributed by atoms with Crippen LogP contribution in [0.3, 0.4) is 0 Å². The van der Waals surface area contributed by atoms with Gasteiger partial charge in [0.05, 0.1) is 5.69 Å². The molecule has 0 aliphatic heterocycles. The van der Waals surface area contributed by atoms with Crippen molar-refractivity contribution >= 4 is 0 Å². The van der Waals surface area contributed by atoms with E-state index >= 15 is 0 Å². The molecule has 1 aliphatic rings. The molecule has 0 spiro atoms. The fourth-order valence-electron chi connectivity index (χ4n) is 8.57. The van der Waals surface area contributed by atoms with Gasteiger partial charge in [-0.1, -0.05) is 189 Å². The molecule has 0 atom stereocenters. The normalized spacial score (nSPS) is 12.9. The minimum Gasteiger partial charge on any atom is -0.256 e. The molecule has 0 fully saturated rings. The molecule has 0 saturated carbocycles. The highest BCUT2D eigenvalue weighted by Gasteiger charge is 2.42. The summed E-state index contributed by atoms with van der Waals surface area (Å²) in [5.41, 5.74) is 15.1. The highest BCUT2D eigenvalue weighted by molar-refractivity contribution is 5.84. The topological polar surface area (TPSA) is 12.9 Å². The summed E-state index contributed by atoms with van der Waals surface area (Å²) in [5.74, 6) is 0. The van der Waals surface area contributed by atoms with Crippen LogP contribution in [0.5, 0.6) is 0 Å². The number of rotatable bonds is 20. The molecule has 0 amide bonds. The summed E-state index contributed by atoms with van der Waals surface area (Å²) in [4.78, 5) is 5.11. The number of fused-ring (bicyclic) bond motifs is 3. The van der Waals surface area contributed by atoms with Gasteiger partial charge in [-0.15, -0.1) is 0 Å². The third kappa shape index (κ3) is 9.10. The van der Waals surface area contributed by atoms with Crippen molar-refractivity contribution < 1.29 is 0 Å². The Balaban J connectivity index is 1.27. The number of hydrogen-bond acceptors (Lipinski definition) is 1. The van der Waals surface area contributed by atoms with Gasteiger partial charge in [0.2, 0.25) is 0 Å². The van der Waals surface area contributed by atoms with Crippen molar-refractivity contribution in [3.8, 4) is 33.5 Å². The Bertz CT molecular complexity index is 1780. The second kappa shape index (κ2) is 18.5. The molecule has 1 heterocycles. The highest BCUT2D eigenvalue weighted by Crippen LogP contribution is 2.55. The summed E-state index contributed by atoms with van der Waals surface area (Å²) in [7, 11) is 0. The van der Waals surface area contributed by atoms with E-state index in [-0.39, 0.29) is 5.41 Å². The predicted octanol–water partition coefficient (Wildman–Crippen LogP) is 14.5. The lowest BCUT2D eigenvalue weighted by atomic mass is 9.70. The molecule has 1 nitrogen and oxygen atoms in total. The summed E-state index contributed by atoms with van der Waals surface area (Å²) in [5, 5.41) is 0. The zero-order valence-corrected chi connectivity index (χ0v) is 31.9. The summed E-state index contributed by atoms with van der Waals surface area (Å²) < 4.78 is 0. The van der Waals surface area contributed by atoms with Gasteiger partial charge in [0.25, 0.3) is 0 Å². The Labute approximate surface area is 310 Å². The maximum absolute atomic E-state index is 5.11. The van der Waals surface area contributed by atoms with Gasteiger partial charge in [0.1, 0.15) is 0 Å². The number of pyridine rings is 1. The van der Waals surface area contributed by atoms with Crippen molar-refractivity contribution in [1.29, 1.82) is 0 Å². The largest absolute Gasteiger partial charge is 0.256 e. The molecule has 1 aromatic heterocycles. The van der Waals surface area contributed by atoms with E-state index in [1.54, 1.807) is 11.1 Å². The van der Waals surface area contributed by atoms with Crippen LogP contribution in [0.1, 0.15) is 138 Å². The van der Waals surface area contributed by atoms with E-state index in [9.17, 15) is 0 Å². The van der Waals surface area contributed by atoms with E-state index in [1.807, 2.05) is 0 Å². The maximum Gasteiger partial charge on any atom is 0.0702 e. The lowest BCUT2D eigenvalue weighted by molar-refractivity contribution is 0.397. The van der Waals surface area contributed by atoms with Crippen molar-refractivity contribution in [3.05, 3.63) is 137 Å². The van der Waals surface area contributed by atoms with Gasteiger partial charge in [-0.2, -0.15) is 0 Å². The monoisotopic (exact) mass is 675 g/mol. The molecule has 0 bridgehead atoms. The molecule has 5 aromatic rings. The molecular formula is C50H61N. The Kier molecular flexibility index (Phi) is 13.4. The SMILES string of the molecule is CCCCCCCCC1(CCCCCCCC)c2cc(CC)ccc2-c2ccc(-c3ccc(-c4cccc(CCc5ccccc5)c4)cn3)cc21. The third-order valence-electron chi connectivity index (χ3n) is 11.6. The Morgan fingerprint density at radius 2 is 1.06 bits per heavy atom. The van der Waals surface area contributed by atoms with Gasteiger partial charge in [-0.3, -0.25) is 4.98 Å². The average molecular weight is 676 g/mol. The first-order valence-corrected chi connectivity index (χ1v) is 20.5. The third-order valence-corrected chi connectivity index (χ3v) is 11.6. The van der Waals surface area contributed by atoms with E-state index < -0.39 is 0 Å². The first-order valence-electron chi connectivity index (χ1n) is 20.5.